The van der Waals surface area contributed by atoms with Crippen molar-refractivity contribution in [3.8, 4) is 0 Å². The second kappa shape index (κ2) is 8.84. The van der Waals surface area contributed by atoms with Crippen LogP contribution >= 0.6 is 23.5 Å². The van der Waals surface area contributed by atoms with Gasteiger partial charge in [-0.15, -0.1) is 0 Å². The van der Waals surface area contributed by atoms with Crippen molar-refractivity contribution < 1.29 is 61.4 Å². The molecule has 0 bridgehead atoms. The number of H-pyrrole nitrogens is 1. The maximum atomic E-state index is 11.9. The molecule has 1 aromatic rings. The zero-order valence-corrected chi connectivity index (χ0v) is 17.4. The molecule has 1 aromatic heterocycles. The fraction of sp³-hybridized carbons (Fsp3) is 0.600. The molecule has 1 aliphatic rings. The Morgan fingerprint density at radius 2 is 1.73 bits per heavy atom. The molecule has 30 heavy (non-hydrogen) atoms. The number of nitrogens with zero attached hydrogens (tertiary/aromatic N) is 1. The van der Waals surface area contributed by atoms with E-state index >= 15 is 0 Å². The minimum atomic E-state index is -5.69. The molecule has 17 nitrogen and oxygen atoms in total. The summed E-state index contributed by atoms with van der Waals surface area (Å²) in [6.45, 7) is 1.35. The topological polar surface area (TPSA) is 264 Å². The fourth-order valence-electron chi connectivity index (χ4n) is 2.45. The summed E-state index contributed by atoms with van der Waals surface area (Å²) in [6, 6.07) is 0. The quantitative estimate of drug-likeness (QED) is 0.153. The van der Waals surface area contributed by atoms with Crippen molar-refractivity contribution in [1.82, 2.24) is 9.55 Å². The Bertz CT molecular complexity index is 1040. The fourth-order valence-corrected chi connectivity index (χ4v) is 4.61. The predicted molar refractivity (Wildman–Crippen MR) is 91.6 cm³/mol. The standard InChI is InChI=1S/C10H17N2O15P3/c1-4-3-12(10(15)11-8(4)14)6-2-5(13)7(24-6)9(25-28(16,17)18)26-30(22,23)27-29(19,20)21/h3,5-7,9,13H,2H2,1H3,(H,22,23)(H,11,14,15)(H2,16,17,18)(H2,19,20,21)/t5-,6+,7-,9?/m0/s1. The van der Waals surface area contributed by atoms with Gasteiger partial charge in [0.2, 0.25) is 6.29 Å². The third kappa shape index (κ3) is 7.00. The lowest BCUT2D eigenvalue weighted by Crippen LogP contribution is -2.38. The Hall–Kier alpha value is -1.03. The van der Waals surface area contributed by atoms with Crippen molar-refractivity contribution in [2.75, 3.05) is 0 Å². The van der Waals surface area contributed by atoms with Gasteiger partial charge in [0.05, 0.1) is 6.10 Å². The number of phosphoric acid groups is 3. The van der Waals surface area contributed by atoms with Gasteiger partial charge in [-0.25, -0.2) is 18.5 Å². The molecule has 1 saturated heterocycles. The molecular formula is C10H17N2O15P3. The predicted octanol–water partition coefficient (Wildman–Crippen LogP) is -1.84. The Morgan fingerprint density at radius 3 is 2.27 bits per heavy atom. The number of rotatable bonds is 8. The molecule has 0 radical (unpaired) electrons. The van der Waals surface area contributed by atoms with Crippen LogP contribution in [0.25, 0.3) is 0 Å². The van der Waals surface area contributed by atoms with Crippen LogP contribution in [0.15, 0.2) is 15.8 Å². The van der Waals surface area contributed by atoms with Crippen LogP contribution in [0.3, 0.4) is 0 Å². The van der Waals surface area contributed by atoms with E-state index in [9.17, 15) is 33.3 Å². The summed E-state index contributed by atoms with van der Waals surface area (Å²) in [5.74, 6) is 0. The van der Waals surface area contributed by atoms with E-state index in [4.69, 9.17) is 24.3 Å². The first-order chi connectivity index (χ1) is 13.5. The van der Waals surface area contributed by atoms with Crippen molar-refractivity contribution >= 4 is 23.5 Å². The van der Waals surface area contributed by atoms with E-state index in [2.05, 4.69) is 13.4 Å². The van der Waals surface area contributed by atoms with Crippen LogP contribution in [0.1, 0.15) is 18.2 Å². The Labute approximate surface area is 165 Å². The van der Waals surface area contributed by atoms with Crippen molar-refractivity contribution in [2.45, 2.75) is 38.1 Å². The van der Waals surface area contributed by atoms with E-state index in [1.54, 1.807) is 0 Å². The smallest absolute Gasteiger partial charge is 0.390 e. The molecule has 172 valence electrons. The van der Waals surface area contributed by atoms with Crippen molar-refractivity contribution in [1.29, 1.82) is 0 Å². The molecule has 0 aromatic carbocycles. The lowest BCUT2D eigenvalue weighted by Gasteiger charge is -2.27. The van der Waals surface area contributed by atoms with Crippen LogP contribution in [0.2, 0.25) is 0 Å². The molecule has 5 atom stereocenters. The molecular weight excluding hydrogens is 481 g/mol. The third-order valence-corrected chi connectivity index (χ3v) is 6.18. The Kier molecular flexibility index (Phi) is 7.44. The first kappa shape index (κ1) is 25.2. The monoisotopic (exact) mass is 498 g/mol. The summed E-state index contributed by atoms with van der Waals surface area (Å²) in [5, 5.41) is 10.1. The lowest BCUT2D eigenvalue weighted by molar-refractivity contribution is -0.155. The SMILES string of the molecule is Cc1cn([C@H]2C[C@H](O)[C@@H](C(OP(=O)(O)O)OP(=O)(O)OP(=O)(O)O)O2)c(=O)[nH]c1=O. The first-order valence-electron chi connectivity index (χ1n) is 7.65. The highest BCUT2D eigenvalue weighted by Crippen LogP contribution is 2.59. The summed E-state index contributed by atoms with van der Waals surface area (Å²) in [4.78, 5) is 69.9. The van der Waals surface area contributed by atoms with Crippen LogP contribution < -0.4 is 11.2 Å². The van der Waals surface area contributed by atoms with Gasteiger partial charge in [0, 0.05) is 18.2 Å². The van der Waals surface area contributed by atoms with Crippen molar-refractivity contribution in [3.05, 3.63) is 32.6 Å². The third-order valence-electron chi connectivity index (χ3n) is 3.55. The van der Waals surface area contributed by atoms with Gasteiger partial charge in [-0.1, -0.05) is 0 Å². The average Bonchev–Trinajstić information content (AvgIpc) is 2.87. The van der Waals surface area contributed by atoms with E-state index in [0.29, 0.717) is 0 Å². The molecule has 20 heteroatoms. The van der Waals surface area contributed by atoms with Crippen LogP contribution in [-0.4, -0.2) is 57.6 Å². The Morgan fingerprint density at radius 1 is 1.13 bits per heavy atom. The van der Waals surface area contributed by atoms with Gasteiger partial charge in [0.25, 0.3) is 5.56 Å². The van der Waals surface area contributed by atoms with E-state index in [1.807, 2.05) is 4.98 Å². The summed E-state index contributed by atoms with van der Waals surface area (Å²) in [5.41, 5.74) is -1.59. The van der Waals surface area contributed by atoms with Crippen LogP contribution in [0, 0.1) is 6.92 Å². The van der Waals surface area contributed by atoms with Crippen LogP contribution in [-0.2, 0) is 31.8 Å². The summed E-state index contributed by atoms with van der Waals surface area (Å²) >= 11 is 0. The number of ether oxygens (including phenoxy) is 1. The zero-order chi connectivity index (χ0) is 23.1. The molecule has 2 unspecified atom stereocenters. The summed E-state index contributed by atoms with van der Waals surface area (Å²) in [6.07, 6.45) is -6.96. The van der Waals surface area contributed by atoms with E-state index in [0.717, 1.165) is 10.8 Å². The van der Waals surface area contributed by atoms with Crippen molar-refractivity contribution in [3.63, 3.8) is 0 Å². The van der Waals surface area contributed by atoms with Gasteiger partial charge in [-0.2, -0.15) is 4.31 Å². The maximum absolute atomic E-state index is 11.9. The number of hydrogen-bond acceptors (Lipinski definition) is 10. The average molecular weight is 498 g/mol. The highest BCUT2D eigenvalue weighted by molar-refractivity contribution is 7.60. The second-order valence-electron chi connectivity index (χ2n) is 5.95. The van der Waals surface area contributed by atoms with Crippen molar-refractivity contribution in [2.24, 2.45) is 0 Å². The minimum Gasteiger partial charge on any atom is -0.390 e. The van der Waals surface area contributed by atoms with Gasteiger partial charge in [-0.3, -0.25) is 23.4 Å². The molecule has 1 aliphatic heterocycles. The van der Waals surface area contributed by atoms with Gasteiger partial charge in [0.1, 0.15) is 12.3 Å². The zero-order valence-electron chi connectivity index (χ0n) is 14.7. The minimum absolute atomic E-state index is 0.0744. The molecule has 1 fully saturated rings. The number of aliphatic hydroxyl groups excluding tert-OH is 1. The van der Waals surface area contributed by atoms with E-state index in [-0.39, 0.29) is 5.56 Å². The highest BCUT2D eigenvalue weighted by Gasteiger charge is 2.48. The molecule has 7 N–H and O–H groups in total. The number of aliphatic hydroxyl groups is 1. The summed E-state index contributed by atoms with van der Waals surface area (Å²) in [7, 11) is -16.7. The molecule has 0 amide bonds. The van der Waals surface area contributed by atoms with E-state index < -0.39 is 65.9 Å². The van der Waals surface area contributed by atoms with Gasteiger partial charge in [-0.05, 0) is 6.92 Å². The van der Waals surface area contributed by atoms with Gasteiger partial charge >= 0.3 is 29.2 Å². The molecule has 2 rings (SSSR count). The van der Waals surface area contributed by atoms with E-state index in [1.165, 1.54) is 6.92 Å². The first-order valence-corrected chi connectivity index (χ1v) is 12.2. The van der Waals surface area contributed by atoms with Gasteiger partial charge < -0.3 is 34.3 Å². The number of aryl methyl sites for hydroxylation is 1. The largest absolute Gasteiger partial charge is 0.483 e. The Balaban J connectivity index is 2.33. The number of phosphoric ester groups is 2. The van der Waals surface area contributed by atoms with Crippen LogP contribution in [0.4, 0.5) is 0 Å². The van der Waals surface area contributed by atoms with Gasteiger partial charge in [0.15, 0.2) is 0 Å². The number of hydrogen-bond donors (Lipinski definition) is 7. The number of nitrogens with one attached hydrogen (secondary N) is 1. The lowest BCUT2D eigenvalue weighted by atomic mass is 10.2. The number of aromatic nitrogens is 2. The normalized spacial score (nSPS) is 25.8. The van der Waals surface area contributed by atoms with Crippen LogP contribution in [0.5, 0.6) is 0 Å². The molecule has 0 saturated carbocycles. The summed E-state index contributed by atoms with van der Waals surface area (Å²) < 4.78 is 51.6. The number of aromatic amines is 1. The second-order valence-corrected chi connectivity index (χ2v) is 9.92. The molecule has 0 spiro atoms. The maximum Gasteiger partial charge on any atom is 0.483 e. The highest BCUT2D eigenvalue weighted by atomic mass is 31.3. The molecule has 2 heterocycles. The molecule has 0 aliphatic carbocycles.